The summed E-state index contributed by atoms with van der Waals surface area (Å²) in [6, 6.07) is 4.03. The van der Waals surface area contributed by atoms with Gasteiger partial charge in [0.05, 0.1) is 4.88 Å². The van der Waals surface area contributed by atoms with Crippen LogP contribution in [0.5, 0.6) is 0 Å². The number of aromatic nitrogens is 1. The molecule has 0 fully saturated rings. The summed E-state index contributed by atoms with van der Waals surface area (Å²) in [5.74, 6) is 0.203. The summed E-state index contributed by atoms with van der Waals surface area (Å²) in [4.78, 5) is 18.6. The van der Waals surface area contributed by atoms with Crippen molar-refractivity contribution >= 4 is 33.0 Å². The van der Waals surface area contributed by atoms with Gasteiger partial charge in [0.15, 0.2) is 5.78 Å². The van der Waals surface area contributed by atoms with Crippen molar-refractivity contribution in [2.75, 3.05) is 0 Å². The summed E-state index contributed by atoms with van der Waals surface area (Å²) in [6.45, 7) is 0. The van der Waals surface area contributed by atoms with Crippen LogP contribution in [0.3, 0.4) is 0 Å². The first-order valence-electron chi connectivity index (χ1n) is 5.96. The summed E-state index contributed by atoms with van der Waals surface area (Å²) in [6.07, 6.45) is 7.44. The molecule has 3 rings (SSSR count). The Labute approximate surface area is 118 Å². The zero-order valence-corrected chi connectivity index (χ0v) is 12.2. The van der Waals surface area contributed by atoms with Crippen LogP contribution < -0.4 is 0 Å². The summed E-state index contributed by atoms with van der Waals surface area (Å²) < 4.78 is 0.918. The second-order valence-corrected chi connectivity index (χ2v) is 6.58. The molecule has 0 amide bonds. The Morgan fingerprint density at radius 1 is 1.33 bits per heavy atom. The van der Waals surface area contributed by atoms with Crippen molar-refractivity contribution in [2.24, 2.45) is 0 Å². The Bertz CT molecular complexity index is 584. The third-order valence-electron chi connectivity index (χ3n) is 3.15. The van der Waals surface area contributed by atoms with E-state index in [-0.39, 0.29) is 5.78 Å². The van der Waals surface area contributed by atoms with E-state index in [0.29, 0.717) is 6.42 Å². The Morgan fingerprint density at radius 3 is 3.00 bits per heavy atom. The van der Waals surface area contributed by atoms with Crippen LogP contribution in [0.1, 0.15) is 32.1 Å². The molecule has 0 radical (unpaired) electrons. The number of Topliss-reactive ketones (excluding diaryl/α,β-unsaturated/α-hetero) is 1. The van der Waals surface area contributed by atoms with Crippen molar-refractivity contribution in [3.63, 3.8) is 0 Å². The molecular formula is C14H12BrNOS. The van der Waals surface area contributed by atoms with Gasteiger partial charge in [-0.2, -0.15) is 0 Å². The molecule has 92 valence electrons. The molecule has 18 heavy (non-hydrogen) atoms. The van der Waals surface area contributed by atoms with Gasteiger partial charge in [0.25, 0.3) is 0 Å². The molecule has 0 saturated carbocycles. The first-order valence-corrected chi connectivity index (χ1v) is 7.57. The molecule has 2 aromatic heterocycles. The lowest BCUT2D eigenvalue weighted by molar-refractivity contribution is 0.0996. The van der Waals surface area contributed by atoms with Gasteiger partial charge in [-0.25, -0.2) is 0 Å². The number of fused-ring (bicyclic) bond motifs is 1. The van der Waals surface area contributed by atoms with Gasteiger partial charge in [0, 0.05) is 28.2 Å². The molecule has 0 spiro atoms. The number of rotatable bonds is 3. The number of pyridine rings is 1. The zero-order chi connectivity index (χ0) is 12.5. The van der Waals surface area contributed by atoms with Crippen LogP contribution in [-0.4, -0.2) is 10.8 Å². The topological polar surface area (TPSA) is 30.0 Å². The van der Waals surface area contributed by atoms with Crippen LogP contribution in [0.4, 0.5) is 0 Å². The quantitative estimate of drug-likeness (QED) is 0.804. The van der Waals surface area contributed by atoms with E-state index in [0.717, 1.165) is 27.8 Å². The largest absolute Gasteiger partial charge is 0.293 e. The highest BCUT2D eigenvalue weighted by Gasteiger charge is 2.18. The van der Waals surface area contributed by atoms with E-state index in [1.807, 2.05) is 6.07 Å². The van der Waals surface area contributed by atoms with Crippen molar-refractivity contribution in [1.29, 1.82) is 0 Å². The zero-order valence-electron chi connectivity index (χ0n) is 9.78. The molecule has 4 heteroatoms. The normalized spacial score (nSPS) is 13.6. The maximum absolute atomic E-state index is 12.2. The Hall–Kier alpha value is -1.00. The van der Waals surface area contributed by atoms with Crippen LogP contribution in [0.25, 0.3) is 0 Å². The van der Waals surface area contributed by atoms with Crippen molar-refractivity contribution in [3.05, 3.63) is 49.9 Å². The van der Waals surface area contributed by atoms with Gasteiger partial charge >= 0.3 is 0 Å². The molecule has 0 bridgehead atoms. The smallest absolute Gasteiger partial charge is 0.177 e. The van der Waals surface area contributed by atoms with E-state index < -0.39 is 0 Å². The van der Waals surface area contributed by atoms with E-state index >= 15 is 0 Å². The third kappa shape index (κ3) is 2.40. The highest BCUT2D eigenvalue weighted by atomic mass is 79.9. The predicted molar refractivity (Wildman–Crippen MR) is 76.3 cm³/mol. The fourth-order valence-corrected chi connectivity index (χ4v) is 3.89. The molecule has 2 aromatic rings. The monoisotopic (exact) mass is 321 g/mol. The van der Waals surface area contributed by atoms with Gasteiger partial charge < -0.3 is 0 Å². The van der Waals surface area contributed by atoms with Crippen molar-refractivity contribution in [1.82, 2.24) is 4.98 Å². The lowest BCUT2D eigenvalue weighted by Gasteiger charge is -1.99. The number of carbonyl (C=O) groups is 1. The maximum Gasteiger partial charge on any atom is 0.177 e. The molecule has 0 aromatic carbocycles. The lowest BCUT2D eigenvalue weighted by atomic mass is 10.1. The Morgan fingerprint density at radius 2 is 2.22 bits per heavy atom. The van der Waals surface area contributed by atoms with Crippen LogP contribution >= 0.6 is 27.3 Å². The van der Waals surface area contributed by atoms with Crippen molar-refractivity contribution < 1.29 is 4.79 Å². The van der Waals surface area contributed by atoms with Crippen molar-refractivity contribution in [2.45, 2.75) is 25.7 Å². The van der Waals surface area contributed by atoms with Gasteiger partial charge in [-0.15, -0.1) is 11.3 Å². The van der Waals surface area contributed by atoms with E-state index in [9.17, 15) is 4.79 Å². The molecule has 0 N–H and O–H groups in total. The van der Waals surface area contributed by atoms with Crippen LogP contribution in [-0.2, 0) is 19.3 Å². The molecule has 2 heterocycles. The number of thiophene rings is 1. The number of halogens is 1. The third-order valence-corrected chi connectivity index (χ3v) is 4.86. The lowest BCUT2D eigenvalue weighted by Crippen LogP contribution is -2.01. The maximum atomic E-state index is 12.2. The standard InChI is InChI=1S/C14H12BrNOS/c15-11-4-9(7-16-8-11)5-12(17)14-6-10-2-1-3-13(10)18-14/h4,6-8H,1-3,5H2. The second kappa shape index (κ2) is 4.94. The average molecular weight is 322 g/mol. The highest BCUT2D eigenvalue weighted by Crippen LogP contribution is 2.31. The molecule has 0 atom stereocenters. The van der Waals surface area contributed by atoms with Crippen LogP contribution in [0.2, 0.25) is 0 Å². The Kier molecular flexibility index (Phi) is 3.31. The molecular weight excluding hydrogens is 310 g/mol. The van der Waals surface area contributed by atoms with E-state index in [1.54, 1.807) is 23.7 Å². The van der Waals surface area contributed by atoms with E-state index in [2.05, 4.69) is 27.0 Å². The highest BCUT2D eigenvalue weighted by molar-refractivity contribution is 9.10. The number of carbonyl (C=O) groups excluding carboxylic acids is 1. The summed E-state index contributed by atoms with van der Waals surface area (Å²) in [5, 5.41) is 0. The van der Waals surface area contributed by atoms with E-state index in [1.165, 1.54) is 16.9 Å². The van der Waals surface area contributed by atoms with Gasteiger partial charge in [0.2, 0.25) is 0 Å². The average Bonchev–Trinajstić information content (AvgIpc) is 2.88. The first-order chi connectivity index (χ1) is 8.72. The molecule has 2 nitrogen and oxygen atoms in total. The van der Waals surface area contributed by atoms with Crippen LogP contribution in [0, 0.1) is 0 Å². The second-order valence-electron chi connectivity index (χ2n) is 4.52. The van der Waals surface area contributed by atoms with Gasteiger partial charge in [0.1, 0.15) is 0 Å². The number of hydrogen-bond donors (Lipinski definition) is 0. The summed E-state index contributed by atoms with van der Waals surface area (Å²) >= 11 is 5.05. The van der Waals surface area contributed by atoms with Gasteiger partial charge in [-0.3, -0.25) is 9.78 Å². The molecule has 1 aliphatic carbocycles. The molecule has 0 saturated heterocycles. The Balaban J connectivity index is 1.78. The molecule has 1 aliphatic rings. The summed E-state index contributed by atoms with van der Waals surface area (Å²) in [7, 11) is 0. The minimum atomic E-state index is 0.203. The number of ketones is 1. The predicted octanol–water partition coefficient (Wildman–Crippen LogP) is 3.82. The first kappa shape index (κ1) is 12.1. The van der Waals surface area contributed by atoms with Gasteiger partial charge in [-0.05, 0) is 58.5 Å². The number of aryl methyl sites for hydroxylation is 2. The van der Waals surface area contributed by atoms with E-state index in [4.69, 9.17) is 0 Å². The SMILES string of the molecule is O=C(Cc1cncc(Br)c1)c1cc2c(s1)CCC2. The van der Waals surface area contributed by atoms with Gasteiger partial charge in [-0.1, -0.05) is 0 Å². The fraction of sp³-hybridized carbons (Fsp3) is 0.286. The molecule has 0 aliphatic heterocycles. The van der Waals surface area contributed by atoms with Crippen LogP contribution in [0.15, 0.2) is 29.0 Å². The summed E-state index contributed by atoms with van der Waals surface area (Å²) in [5.41, 5.74) is 2.35. The minimum Gasteiger partial charge on any atom is -0.293 e. The fourth-order valence-electron chi connectivity index (χ4n) is 2.29. The number of nitrogens with zero attached hydrogens (tertiary/aromatic N) is 1. The molecule has 0 unspecified atom stereocenters. The van der Waals surface area contributed by atoms with Crippen molar-refractivity contribution in [3.8, 4) is 0 Å². The minimum absolute atomic E-state index is 0.203. The number of hydrogen-bond acceptors (Lipinski definition) is 3.